The molecule has 0 radical (unpaired) electrons. The maximum Gasteiger partial charge on any atom is 0.0798 e. The van der Waals surface area contributed by atoms with Gasteiger partial charge in [0.2, 0.25) is 0 Å². The largest absolute Gasteiger partial charge is 0.395 e. The van der Waals surface area contributed by atoms with Gasteiger partial charge in [0.1, 0.15) is 0 Å². The van der Waals surface area contributed by atoms with Crippen LogP contribution in [0.2, 0.25) is 0 Å². The molecule has 1 aromatic rings. The molecule has 12 heavy (non-hydrogen) atoms. The highest BCUT2D eigenvalue weighted by Gasteiger charge is 2.02. The Balaban J connectivity index is 2.38. The summed E-state index contributed by atoms with van der Waals surface area (Å²) >= 11 is 1.65. The Bertz CT molecular complexity index is 237. The average Bonchev–Trinajstić information content (AvgIpc) is 2.47. The molecule has 1 heterocycles. The van der Waals surface area contributed by atoms with E-state index in [2.05, 4.69) is 10.3 Å². The minimum absolute atomic E-state index is 0.159. The quantitative estimate of drug-likeness (QED) is 0.735. The van der Waals surface area contributed by atoms with Crippen molar-refractivity contribution >= 4 is 11.3 Å². The molecule has 0 bridgehead atoms. The second kappa shape index (κ2) is 4.54. The zero-order valence-corrected chi connectivity index (χ0v) is 8.19. The maximum atomic E-state index is 8.76. The van der Waals surface area contributed by atoms with Crippen LogP contribution in [0.4, 0.5) is 0 Å². The molecule has 1 rings (SSSR count). The van der Waals surface area contributed by atoms with Crippen molar-refractivity contribution in [2.45, 2.75) is 26.4 Å². The summed E-state index contributed by atoms with van der Waals surface area (Å²) in [7, 11) is 0. The number of rotatable bonds is 4. The van der Waals surface area contributed by atoms with Crippen LogP contribution in [-0.2, 0) is 6.54 Å². The average molecular weight is 186 g/mol. The van der Waals surface area contributed by atoms with Crippen molar-refractivity contribution in [3.63, 3.8) is 0 Å². The van der Waals surface area contributed by atoms with Crippen molar-refractivity contribution < 1.29 is 5.11 Å². The summed E-state index contributed by atoms with van der Waals surface area (Å²) in [5, 5.41) is 12.0. The van der Waals surface area contributed by atoms with Crippen molar-refractivity contribution in [1.29, 1.82) is 0 Å². The zero-order chi connectivity index (χ0) is 8.97. The number of aryl methyl sites for hydroxylation is 1. The van der Waals surface area contributed by atoms with Gasteiger partial charge in [-0.05, 0) is 13.8 Å². The van der Waals surface area contributed by atoms with Gasteiger partial charge in [-0.2, -0.15) is 0 Å². The summed E-state index contributed by atoms with van der Waals surface area (Å²) in [5.74, 6) is 0. The van der Waals surface area contributed by atoms with E-state index in [-0.39, 0.29) is 12.6 Å². The summed E-state index contributed by atoms with van der Waals surface area (Å²) in [6, 6.07) is 0.159. The molecule has 0 amide bonds. The van der Waals surface area contributed by atoms with E-state index in [1.165, 1.54) is 4.88 Å². The van der Waals surface area contributed by atoms with Gasteiger partial charge in [-0.25, -0.2) is 4.98 Å². The SMILES string of the molecule is Cc1ncsc1CN[C@H](C)CO. The van der Waals surface area contributed by atoms with Gasteiger partial charge in [0.25, 0.3) is 0 Å². The van der Waals surface area contributed by atoms with Crippen LogP contribution in [0.3, 0.4) is 0 Å². The molecular weight excluding hydrogens is 172 g/mol. The van der Waals surface area contributed by atoms with Crippen LogP contribution in [0, 0.1) is 6.92 Å². The molecule has 68 valence electrons. The monoisotopic (exact) mass is 186 g/mol. The second-order valence-electron chi connectivity index (χ2n) is 2.83. The molecule has 0 fully saturated rings. The molecule has 3 nitrogen and oxygen atoms in total. The predicted octanol–water partition coefficient (Wildman–Crippen LogP) is 0.922. The molecule has 0 aromatic carbocycles. The topological polar surface area (TPSA) is 45.2 Å². The fourth-order valence-electron chi connectivity index (χ4n) is 0.827. The molecule has 0 saturated heterocycles. The Kier molecular flexibility index (Phi) is 3.65. The Labute approximate surface area is 76.5 Å². The van der Waals surface area contributed by atoms with Crippen molar-refractivity contribution in [1.82, 2.24) is 10.3 Å². The van der Waals surface area contributed by atoms with E-state index < -0.39 is 0 Å². The third-order valence-corrected chi connectivity index (χ3v) is 2.66. The van der Waals surface area contributed by atoms with Crippen LogP contribution in [0.1, 0.15) is 17.5 Å². The van der Waals surface area contributed by atoms with Gasteiger partial charge in [-0.15, -0.1) is 11.3 Å². The normalized spacial score (nSPS) is 13.2. The van der Waals surface area contributed by atoms with Crippen LogP contribution >= 0.6 is 11.3 Å². The fourth-order valence-corrected chi connectivity index (χ4v) is 1.56. The Morgan fingerprint density at radius 2 is 2.50 bits per heavy atom. The molecule has 1 aromatic heterocycles. The Morgan fingerprint density at radius 3 is 3.00 bits per heavy atom. The predicted molar refractivity (Wildman–Crippen MR) is 50.2 cm³/mol. The number of thiazole rings is 1. The third kappa shape index (κ3) is 2.55. The highest BCUT2D eigenvalue weighted by molar-refractivity contribution is 7.09. The van der Waals surface area contributed by atoms with Crippen molar-refractivity contribution in [3.8, 4) is 0 Å². The maximum absolute atomic E-state index is 8.76. The fraction of sp³-hybridized carbons (Fsp3) is 0.625. The van der Waals surface area contributed by atoms with Gasteiger partial charge in [-0.1, -0.05) is 0 Å². The summed E-state index contributed by atoms with van der Waals surface area (Å²) in [6.07, 6.45) is 0. The third-order valence-electron chi connectivity index (χ3n) is 1.73. The highest BCUT2D eigenvalue weighted by atomic mass is 32.1. The smallest absolute Gasteiger partial charge is 0.0798 e. The van der Waals surface area contributed by atoms with Gasteiger partial charge in [0.15, 0.2) is 0 Å². The molecule has 0 aliphatic carbocycles. The first-order valence-corrected chi connectivity index (χ1v) is 4.85. The van der Waals surface area contributed by atoms with E-state index in [9.17, 15) is 0 Å². The first kappa shape index (κ1) is 9.64. The Morgan fingerprint density at radius 1 is 1.75 bits per heavy atom. The van der Waals surface area contributed by atoms with E-state index >= 15 is 0 Å². The summed E-state index contributed by atoms with van der Waals surface area (Å²) in [5.41, 5.74) is 2.92. The number of nitrogens with zero attached hydrogens (tertiary/aromatic N) is 1. The van der Waals surface area contributed by atoms with Gasteiger partial charge in [-0.3, -0.25) is 0 Å². The second-order valence-corrected chi connectivity index (χ2v) is 3.76. The van der Waals surface area contributed by atoms with E-state index in [1.807, 2.05) is 19.4 Å². The lowest BCUT2D eigenvalue weighted by atomic mass is 10.3. The zero-order valence-electron chi connectivity index (χ0n) is 7.37. The highest BCUT2D eigenvalue weighted by Crippen LogP contribution is 2.11. The van der Waals surface area contributed by atoms with Gasteiger partial charge in [0.05, 0.1) is 17.8 Å². The van der Waals surface area contributed by atoms with E-state index in [0.29, 0.717) is 0 Å². The van der Waals surface area contributed by atoms with Gasteiger partial charge >= 0.3 is 0 Å². The van der Waals surface area contributed by atoms with Crippen molar-refractivity contribution in [2.75, 3.05) is 6.61 Å². The number of hydrogen-bond donors (Lipinski definition) is 2. The number of aliphatic hydroxyl groups excluding tert-OH is 1. The van der Waals surface area contributed by atoms with E-state index in [1.54, 1.807) is 11.3 Å². The van der Waals surface area contributed by atoms with Crippen LogP contribution < -0.4 is 5.32 Å². The van der Waals surface area contributed by atoms with E-state index in [4.69, 9.17) is 5.11 Å². The van der Waals surface area contributed by atoms with Gasteiger partial charge in [0, 0.05) is 17.5 Å². The molecule has 1 atom stereocenters. The molecule has 0 spiro atoms. The molecular formula is C8H14N2OS. The lowest BCUT2D eigenvalue weighted by molar-refractivity contribution is 0.251. The lowest BCUT2D eigenvalue weighted by Crippen LogP contribution is -2.28. The number of aliphatic hydroxyl groups is 1. The van der Waals surface area contributed by atoms with Crippen LogP contribution in [0.5, 0.6) is 0 Å². The molecule has 0 saturated carbocycles. The van der Waals surface area contributed by atoms with Crippen LogP contribution in [0.25, 0.3) is 0 Å². The van der Waals surface area contributed by atoms with Crippen LogP contribution in [-0.4, -0.2) is 22.7 Å². The molecule has 0 unspecified atom stereocenters. The van der Waals surface area contributed by atoms with Crippen molar-refractivity contribution in [3.05, 3.63) is 16.1 Å². The Hall–Kier alpha value is -0.450. The molecule has 4 heteroatoms. The molecule has 2 N–H and O–H groups in total. The molecule has 0 aliphatic heterocycles. The minimum Gasteiger partial charge on any atom is -0.395 e. The first-order valence-electron chi connectivity index (χ1n) is 3.97. The van der Waals surface area contributed by atoms with E-state index in [0.717, 1.165) is 12.2 Å². The standard InChI is InChI=1S/C8H14N2OS/c1-6(4-11)9-3-8-7(2)10-5-12-8/h5-6,9,11H,3-4H2,1-2H3/t6-/m1/s1. The number of hydrogen-bond acceptors (Lipinski definition) is 4. The number of aromatic nitrogens is 1. The number of nitrogens with one attached hydrogen (secondary N) is 1. The minimum atomic E-state index is 0.159. The molecule has 0 aliphatic rings. The lowest BCUT2D eigenvalue weighted by Gasteiger charge is -2.08. The summed E-state index contributed by atoms with van der Waals surface area (Å²) in [6.45, 7) is 4.93. The summed E-state index contributed by atoms with van der Waals surface area (Å²) in [4.78, 5) is 5.38. The van der Waals surface area contributed by atoms with Crippen LogP contribution in [0.15, 0.2) is 5.51 Å². The summed E-state index contributed by atoms with van der Waals surface area (Å²) < 4.78 is 0. The first-order chi connectivity index (χ1) is 5.74. The van der Waals surface area contributed by atoms with Gasteiger partial charge < -0.3 is 10.4 Å². The van der Waals surface area contributed by atoms with Crippen molar-refractivity contribution in [2.24, 2.45) is 0 Å².